The average Bonchev–Trinajstić information content (AvgIpc) is 2.94. The number of hydrogen-bond acceptors (Lipinski definition) is 2. The number of hydrogen-bond donors (Lipinski definition) is 1. The highest BCUT2D eigenvalue weighted by atomic mass is 16.2. The molecule has 3 rings (SSSR count). The zero-order valence-corrected chi connectivity index (χ0v) is 10.8. The van der Waals surface area contributed by atoms with Gasteiger partial charge in [0.25, 0.3) is 0 Å². The summed E-state index contributed by atoms with van der Waals surface area (Å²) in [6, 6.07) is 0.690. The van der Waals surface area contributed by atoms with E-state index < -0.39 is 0 Å². The molecule has 0 spiro atoms. The van der Waals surface area contributed by atoms with Crippen molar-refractivity contribution in [2.45, 2.75) is 57.5 Å². The Bertz CT molecular complexity index is 303. The summed E-state index contributed by atoms with van der Waals surface area (Å²) >= 11 is 0. The van der Waals surface area contributed by atoms with Gasteiger partial charge in [0, 0.05) is 12.6 Å². The van der Waals surface area contributed by atoms with E-state index in [0.29, 0.717) is 11.9 Å². The van der Waals surface area contributed by atoms with Crippen molar-refractivity contribution in [1.29, 1.82) is 0 Å². The van der Waals surface area contributed by atoms with Gasteiger partial charge in [0.2, 0.25) is 5.91 Å². The molecule has 0 aromatic rings. The molecule has 3 fully saturated rings. The number of rotatable bonds is 3. The quantitative estimate of drug-likeness (QED) is 0.810. The van der Waals surface area contributed by atoms with Crippen molar-refractivity contribution < 1.29 is 4.79 Å². The van der Waals surface area contributed by atoms with Gasteiger partial charge in [0.1, 0.15) is 0 Å². The summed E-state index contributed by atoms with van der Waals surface area (Å²) in [5, 5.41) is 3.34. The summed E-state index contributed by atoms with van der Waals surface area (Å²) in [7, 11) is 0. The fraction of sp³-hybridized carbons (Fsp3) is 0.929. The highest BCUT2D eigenvalue weighted by Crippen LogP contribution is 2.47. The van der Waals surface area contributed by atoms with Crippen LogP contribution < -0.4 is 5.32 Å². The molecule has 3 heteroatoms. The third kappa shape index (κ3) is 1.99. The molecule has 1 aliphatic heterocycles. The van der Waals surface area contributed by atoms with Gasteiger partial charge < -0.3 is 10.2 Å². The van der Waals surface area contributed by atoms with Crippen molar-refractivity contribution in [3.05, 3.63) is 0 Å². The number of piperidine rings is 1. The van der Waals surface area contributed by atoms with E-state index >= 15 is 0 Å². The number of likely N-dealkylation sites (tertiary alicyclic amines) is 1. The number of amides is 1. The molecule has 2 aliphatic carbocycles. The van der Waals surface area contributed by atoms with Crippen LogP contribution in [-0.4, -0.2) is 36.0 Å². The van der Waals surface area contributed by atoms with Gasteiger partial charge in [-0.25, -0.2) is 0 Å². The van der Waals surface area contributed by atoms with E-state index in [-0.39, 0.29) is 6.04 Å². The Morgan fingerprint density at radius 3 is 2.82 bits per heavy atom. The van der Waals surface area contributed by atoms with E-state index in [1.54, 1.807) is 0 Å². The minimum Gasteiger partial charge on any atom is -0.338 e. The molecule has 2 saturated carbocycles. The van der Waals surface area contributed by atoms with Gasteiger partial charge in [0.15, 0.2) is 0 Å². The number of likely N-dealkylation sites (N-methyl/N-ethyl adjacent to an activating group) is 1. The van der Waals surface area contributed by atoms with Crippen LogP contribution in [0.4, 0.5) is 0 Å². The lowest BCUT2D eigenvalue weighted by Crippen LogP contribution is -2.55. The lowest BCUT2D eigenvalue weighted by molar-refractivity contribution is -0.139. The van der Waals surface area contributed by atoms with Crippen LogP contribution in [-0.2, 0) is 4.79 Å². The topological polar surface area (TPSA) is 32.3 Å². The number of fused-ring (bicyclic) bond motifs is 2. The molecular weight excluding hydrogens is 212 g/mol. The number of nitrogens with zero attached hydrogens (tertiary/aromatic N) is 1. The molecule has 17 heavy (non-hydrogen) atoms. The average molecular weight is 236 g/mol. The van der Waals surface area contributed by atoms with E-state index in [4.69, 9.17) is 0 Å². The van der Waals surface area contributed by atoms with Crippen LogP contribution in [0, 0.1) is 11.8 Å². The van der Waals surface area contributed by atoms with Gasteiger partial charge in [-0.05, 0) is 50.5 Å². The standard InChI is InChI=1S/C14H24N2O/c1-2-15-12-4-3-7-16(14(12)17)13-9-10-5-6-11(13)8-10/h10-13,15H,2-9H2,1H3. The zero-order valence-electron chi connectivity index (χ0n) is 10.8. The van der Waals surface area contributed by atoms with Crippen LogP contribution in [0.15, 0.2) is 0 Å². The second kappa shape index (κ2) is 4.60. The Balaban J connectivity index is 1.68. The first-order valence-corrected chi connectivity index (χ1v) is 7.33. The predicted molar refractivity (Wildman–Crippen MR) is 67.6 cm³/mol. The minimum absolute atomic E-state index is 0.105. The van der Waals surface area contributed by atoms with Crippen LogP contribution in [0.25, 0.3) is 0 Å². The maximum Gasteiger partial charge on any atom is 0.239 e. The summed E-state index contributed by atoms with van der Waals surface area (Å²) in [5.74, 6) is 2.14. The van der Waals surface area contributed by atoms with Crippen molar-refractivity contribution in [3.8, 4) is 0 Å². The SMILES string of the molecule is CCNC1CCCN(C2CC3CCC2C3)C1=O. The van der Waals surface area contributed by atoms with E-state index in [9.17, 15) is 4.79 Å². The zero-order chi connectivity index (χ0) is 11.8. The third-order valence-corrected chi connectivity index (χ3v) is 5.02. The molecule has 4 atom stereocenters. The maximum absolute atomic E-state index is 12.4. The number of carbonyl (C=O) groups is 1. The Morgan fingerprint density at radius 1 is 1.29 bits per heavy atom. The lowest BCUT2D eigenvalue weighted by atomic mass is 9.91. The smallest absolute Gasteiger partial charge is 0.239 e. The molecule has 0 aromatic heterocycles. The van der Waals surface area contributed by atoms with E-state index in [2.05, 4.69) is 17.1 Å². The fourth-order valence-corrected chi connectivity index (χ4v) is 4.26. The summed E-state index contributed by atoms with van der Waals surface area (Å²) < 4.78 is 0. The number of carbonyl (C=O) groups excluding carboxylic acids is 1. The fourth-order valence-electron chi connectivity index (χ4n) is 4.26. The molecule has 0 aromatic carbocycles. The Kier molecular flexibility index (Phi) is 3.12. The second-order valence-corrected chi connectivity index (χ2v) is 6.03. The second-order valence-electron chi connectivity index (χ2n) is 6.03. The molecule has 3 aliphatic rings. The molecule has 1 N–H and O–H groups in total. The van der Waals surface area contributed by atoms with Crippen LogP contribution >= 0.6 is 0 Å². The molecule has 96 valence electrons. The van der Waals surface area contributed by atoms with E-state index in [0.717, 1.165) is 31.3 Å². The normalized spacial score (nSPS) is 41.2. The van der Waals surface area contributed by atoms with Crippen LogP contribution in [0.5, 0.6) is 0 Å². The van der Waals surface area contributed by atoms with Gasteiger partial charge >= 0.3 is 0 Å². The van der Waals surface area contributed by atoms with E-state index in [1.165, 1.54) is 32.1 Å². The highest BCUT2D eigenvalue weighted by Gasteiger charge is 2.45. The van der Waals surface area contributed by atoms with Gasteiger partial charge in [-0.15, -0.1) is 0 Å². The minimum atomic E-state index is 0.105. The van der Waals surface area contributed by atoms with Crippen LogP contribution in [0.1, 0.15) is 45.4 Å². The number of nitrogens with one attached hydrogen (secondary N) is 1. The third-order valence-electron chi connectivity index (χ3n) is 5.02. The first kappa shape index (κ1) is 11.5. The molecule has 2 bridgehead atoms. The van der Waals surface area contributed by atoms with Crippen molar-refractivity contribution in [2.75, 3.05) is 13.1 Å². The van der Waals surface area contributed by atoms with Crippen molar-refractivity contribution in [2.24, 2.45) is 11.8 Å². The van der Waals surface area contributed by atoms with Gasteiger partial charge in [-0.2, -0.15) is 0 Å². The lowest BCUT2D eigenvalue weighted by Gasteiger charge is -2.40. The van der Waals surface area contributed by atoms with Crippen molar-refractivity contribution in [3.63, 3.8) is 0 Å². The summed E-state index contributed by atoms with van der Waals surface area (Å²) in [5.41, 5.74) is 0. The Labute approximate surface area is 104 Å². The summed E-state index contributed by atoms with van der Waals surface area (Å²) in [4.78, 5) is 14.7. The molecule has 4 unspecified atom stereocenters. The van der Waals surface area contributed by atoms with E-state index in [1.807, 2.05) is 0 Å². The van der Waals surface area contributed by atoms with Gasteiger partial charge in [-0.1, -0.05) is 13.3 Å². The van der Waals surface area contributed by atoms with Crippen LogP contribution in [0.2, 0.25) is 0 Å². The molecule has 3 nitrogen and oxygen atoms in total. The van der Waals surface area contributed by atoms with Gasteiger partial charge in [0.05, 0.1) is 6.04 Å². The first-order valence-electron chi connectivity index (χ1n) is 7.33. The van der Waals surface area contributed by atoms with Crippen LogP contribution in [0.3, 0.4) is 0 Å². The largest absolute Gasteiger partial charge is 0.338 e. The van der Waals surface area contributed by atoms with Gasteiger partial charge in [-0.3, -0.25) is 4.79 Å². The Morgan fingerprint density at radius 2 is 2.18 bits per heavy atom. The molecular formula is C14H24N2O. The monoisotopic (exact) mass is 236 g/mol. The maximum atomic E-state index is 12.4. The summed E-state index contributed by atoms with van der Waals surface area (Å²) in [6.07, 6.45) is 7.67. The molecule has 1 heterocycles. The van der Waals surface area contributed by atoms with Crippen molar-refractivity contribution >= 4 is 5.91 Å². The van der Waals surface area contributed by atoms with Crippen molar-refractivity contribution in [1.82, 2.24) is 10.2 Å². The summed E-state index contributed by atoms with van der Waals surface area (Å²) in [6.45, 7) is 4.00. The molecule has 0 radical (unpaired) electrons. The Hall–Kier alpha value is -0.570. The first-order chi connectivity index (χ1) is 8.29. The predicted octanol–water partition coefficient (Wildman–Crippen LogP) is 1.78. The molecule has 1 saturated heterocycles. The molecule has 1 amide bonds. The highest BCUT2D eigenvalue weighted by molar-refractivity contribution is 5.83.